The van der Waals surface area contributed by atoms with Gasteiger partial charge in [0, 0.05) is 0 Å². The number of terminal acetylenes is 1. The minimum absolute atomic E-state index is 0.0438. The van der Waals surface area contributed by atoms with Gasteiger partial charge in [0.25, 0.3) is 0 Å². The molecule has 0 radical (unpaired) electrons. The maximum Gasteiger partial charge on any atom is 0.422 e. The van der Waals surface area contributed by atoms with Crippen LogP contribution in [0, 0.1) is 12.3 Å². The first-order chi connectivity index (χ1) is 9.42. The van der Waals surface area contributed by atoms with Crippen molar-refractivity contribution in [3.63, 3.8) is 0 Å². The number of ether oxygens (including phenoxy) is 1. The Kier molecular flexibility index (Phi) is 5.87. The molecule has 20 heavy (non-hydrogen) atoms. The highest BCUT2D eigenvalue weighted by Gasteiger charge is 2.28. The Labute approximate surface area is 114 Å². The molecule has 0 aliphatic heterocycles. The summed E-state index contributed by atoms with van der Waals surface area (Å²) in [5.41, 5.74) is 0.171. The minimum Gasteiger partial charge on any atom is -0.482 e. The molecule has 0 aliphatic carbocycles. The number of para-hydroxylation sites is 2. The molecule has 7 heteroatoms. The first-order valence-electron chi connectivity index (χ1n) is 5.65. The lowest BCUT2D eigenvalue weighted by molar-refractivity contribution is -0.153. The van der Waals surface area contributed by atoms with Crippen LogP contribution in [0.4, 0.5) is 18.9 Å². The fourth-order valence-electron chi connectivity index (χ4n) is 1.30. The maximum absolute atomic E-state index is 12.1. The molecule has 0 saturated carbocycles. The quantitative estimate of drug-likeness (QED) is 0.619. The van der Waals surface area contributed by atoms with E-state index in [0.717, 1.165) is 0 Å². The van der Waals surface area contributed by atoms with E-state index in [1.165, 1.54) is 18.2 Å². The van der Waals surface area contributed by atoms with Crippen molar-refractivity contribution in [1.82, 2.24) is 5.32 Å². The summed E-state index contributed by atoms with van der Waals surface area (Å²) >= 11 is 0. The Balaban J connectivity index is 2.61. The summed E-state index contributed by atoms with van der Waals surface area (Å²) in [6.07, 6.45) is 0.562. The van der Waals surface area contributed by atoms with Crippen molar-refractivity contribution in [3.05, 3.63) is 24.3 Å². The van der Waals surface area contributed by atoms with Gasteiger partial charge in [-0.3, -0.25) is 10.1 Å². The fraction of sp³-hybridized carbons (Fsp3) is 0.308. The predicted octanol–water partition coefficient (Wildman–Crippen LogP) is 1.79. The number of rotatable bonds is 6. The van der Waals surface area contributed by atoms with Gasteiger partial charge < -0.3 is 10.1 Å². The van der Waals surface area contributed by atoms with Gasteiger partial charge in [0.05, 0.1) is 18.8 Å². The maximum atomic E-state index is 12.1. The molecule has 0 fully saturated rings. The highest BCUT2D eigenvalue weighted by molar-refractivity contribution is 5.93. The van der Waals surface area contributed by atoms with E-state index in [4.69, 9.17) is 6.42 Å². The SMILES string of the molecule is C#CCNCC(=O)Nc1ccccc1OCC(F)(F)F. The number of nitrogens with one attached hydrogen (secondary N) is 2. The third-order valence-electron chi connectivity index (χ3n) is 2.07. The largest absolute Gasteiger partial charge is 0.482 e. The van der Waals surface area contributed by atoms with E-state index in [2.05, 4.69) is 21.3 Å². The average molecular weight is 286 g/mol. The molecule has 0 aromatic heterocycles. The molecule has 0 saturated heterocycles. The van der Waals surface area contributed by atoms with Gasteiger partial charge in [-0.05, 0) is 12.1 Å². The van der Waals surface area contributed by atoms with Crippen LogP contribution >= 0.6 is 0 Å². The van der Waals surface area contributed by atoms with E-state index in [1.807, 2.05) is 0 Å². The summed E-state index contributed by atoms with van der Waals surface area (Å²) < 4.78 is 40.9. The molecule has 2 N–H and O–H groups in total. The van der Waals surface area contributed by atoms with E-state index in [1.54, 1.807) is 6.07 Å². The number of halogens is 3. The number of anilines is 1. The zero-order valence-corrected chi connectivity index (χ0v) is 10.5. The number of carbonyl (C=O) groups is 1. The monoisotopic (exact) mass is 286 g/mol. The molecule has 1 amide bonds. The summed E-state index contributed by atoms with van der Waals surface area (Å²) in [5.74, 6) is 1.82. The zero-order chi connectivity index (χ0) is 15.0. The molecule has 108 valence electrons. The van der Waals surface area contributed by atoms with E-state index >= 15 is 0 Å². The first kappa shape index (κ1) is 15.9. The normalized spacial score (nSPS) is 10.7. The van der Waals surface area contributed by atoms with Gasteiger partial charge in [-0.2, -0.15) is 13.2 Å². The third kappa shape index (κ3) is 6.11. The predicted molar refractivity (Wildman–Crippen MR) is 68.3 cm³/mol. The Hall–Kier alpha value is -2.20. The molecule has 1 aromatic rings. The molecule has 0 atom stereocenters. The van der Waals surface area contributed by atoms with E-state index in [-0.39, 0.29) is 24.5 Å². The molecule has 0 unspecified atom stereocenters. The van der Waals surface area contributed by atoms with Crippen molar-refractivity contribution in [3.8, 4) is 18.1 Å². The summed E-state index contributed by atoms with van der Waals surface area (Å²) in [6, 6.07) is 5.88. The van der Waals surface area contributed by atoms with Gasteiger partial charge in [0.2, 0.25) is 5.91 Å². The van der Waals surface area contributed by atoms with Crippen LogP contribution in [0.3, 0.4) is 0 Å². The van der Waals surface area contributed by atoms with E-state index in [0.29, 0.717) is 0 Å². The number of amides is 1. The van der Waals surface area contributed by atoms with Crippen LogP contribution in [0.5, 0.6) is 5.75 Å². The highest BCUT2D eigenvalue weighted by Crippen LogP contribution is 2.26. The van der Waals surface area contributed by atoms with Gasteiger partial charge in [0.15, 0.2) is 6.61 Å². The Morgan fingerprint density at radius 2 is 2.05 bits per heavy atom. The van der Waals surface area contributed by atoms with Crippen LogP contribution in [-0.2, 0) is 4.79 Å². The number of benzene rings is 1. The van der Waals surface area contributed by atoms with Gasteiger partial charge >= 0.3 is 6.18 Å². The Morgan fingerprint density at radius 3 is 2.70 bits per heavy atom. The summed E-state index contributed by atoms with van der Waals surface area (Å²) in [6.45, 7) is -1.24. The van der Waals surface area contributed by atoms with Crippen LogP contribution in [0.2, 0.25) is 0 Å². The fourth-order valence-corrected chi connectivity index (χ4v) is 1.30. The third-order valence-corrected chi connectivity index (χ3v) is 2.07. The zero-order valence-electron chi connectivity index (χ0n) is 10.5. The van der Waals surface area contributed by atoms with Crippen LogP contribution in [0.15, 0.2) is 24.3 Å². The van der Waals surface area contributed by atoms with Crippen LogP contribution in [0.1, 0.15) is 0 Å². The van der Waals surface area contributed by atoms with Crippen molar-refractivity contribution in [1.29, 1.82) is 0 Å². The first-order valence-corrected chi connectivity index (χ1v) is 5.65. The molecule has 1 aromatic carbocycles. The smallest absolute Gasteiger partial charge is 0.422 e. The van der Waals surface area contributed by atoms with Gasteiger partial charge in [0.1, 0.15) is 5.75 Å². The second kappa shape index (κ2) is 7.40. The Bertz CT molecular complexity index is 495. The highest BCUT2D eigenvalue weighted by atomic mass is 19.4. The number of hydrogen-bond donors (Lipinski definition) is 2. The Morgan fingerprint density at radius 1 is 1.35 bits per heavy atom. The second-order valence-electron chi connectivity index (χ2n) is 3.76. The van der Waals surface area contributed by atoms with E-state index in [9.17, 15) is 18.0 Å². The lowest BCUT2D eigenvalue weighted by atomic mass is 10.3. The molecule has 0 heterocycles. The van der Waals surface area contributed by atoms with Crippen molar-refractivity contribution in [2.45, 2.75) is 6.18 Å². The topological polar surface area (TPSA) is 50.4 Å². The average Bonchev–Trinajstić information content (AvgIpc) is 2.37. The molecule has 4 nitrogen and oxygen atoms in total. The molecule has 0 aliphatic rings. The van der Waals surface area contributed by atoms with Crippen molar-refractivity contribution >= 4 is 11.6 Å². The van der Waals surface area contributed by atoms with Crippen LogP contribution < -0.4 is 15.4 Å². The minimum atomic E-state index is -4.44. The van der Waals surface area contributed by atoms with Crippen LogP contribution in [0.25, 0.3) is 0 Å². The molecular weight excluding hydrogens is 273 g/mol. The molecule has 0 spiro atoms. The van der Waals surface area contributed by atoms with Gasteiger partial charge in [-0.15, -0.1) is 6.42 Å². The molecule has 1 rings (SSSR count). The summed E-state index contributed by atoms with van der Waals surface area (Å²) in [4.78, 5) is 11.5. The summed E-state index contributed by atoms with van der Waals surface area (Å²) in [7, 11) is 0. The number of alkyl halides is 3. The number of hydrogen-bond acceptors (Lipinski definition) is 3. The van der Waals surface area contributed by atoms with Crippen molar-refractivity contribution < 1.29 is 22.7 Å². The van der Waals surface area contributed by atoms with Crippen LogP contribution in [-0.4, -0.2) is 31.8 Å². The standard InChI is InChI=1S/C13H13F3N2O2/c1-2-7-17-8-12(19)18-10-5-3-4-6-11(10)20-9-13(14,15)16/h1,3-6,17H,7-9H2,(H,18,19). The van der Waals surface area contributed by atoms with Crippen molar-refractivity contribution in [2.75, 3.05) is 25.0 Å². The number of carbonyl (C=O) groups excluding carboxylic acids is 1. The lowest BCUT2D eigenvalue weighted by Crippen LogP contribution is -2.28. The van der Waals surface area contributed by atoms with Gasteiger partial charge in [-0.1, -0.05) is 18.1 Å². The second-order valence-corrected chi connectivity index (χ2v) is 3.76. The molecular formula is C13H13F3N2O2. The molecule has 0 bridgehead atoms. The lowest BCUT2D eigenvalue weighted by Gasteiger charge is -2.13. The summed E-state index contributed by atoms with van der Waals surface area (Å²) in [5, 5.41) is 5.11. The van der Waals surface area contributed by atoms with Crippen molar-refractivity contribution in [2.24, 2.45) is 0 Å². The van der Waals surface area contributed by atoms with Gasteiger partial charge in [-0.25, -0.2) is 0 Å². The van der Waals surface area contributed by atoms with E-state index < -0.39 is 18.7 Å².